The average molecular weight is 447 g/mol. The molecule has 1 aromatic carbocycles. The number of esters is 1. The van der Waals surface area contributed by atoms with E-state index in [2.05, 4.69) is 15.4 Å². The van der Waals surface area contributed by atoms with Crippen molar-refractivity contribution in [2.45, 2.75) is 75.4 Å². The van der Waals surface area contributed by atoms with Gasteiger partial charge in [0.1, 0.15) is 23.9 Å². The van der Waals surface area contributed by atoms with Crippen LogP contribution >= 0.6 is 0 Å². The second kappa shape index (κ2) is 9.23. The van der Waals surface area contributed by atoms with E-state index in [1.807, 2.05) is 0 Å². The average Bonchev–Trinajstić information content (AvgIpc) is 3.31. The van der Waals surface area contributed by atoms with Gasteiger partial charge >= 0.3 is 5.97 Å². The first-order valence-corrected chi connectivity index (χ1v) is 10.9. The highest BCUT2D eigenvalue weighted by atomic mass is 19.1. The Balaban J connectivity index is 1.47. The lowest BCUT2D eigenvalue weighted by Crippen LogP contribution is -2.57. The number of benzene rings is 1. The number of hydrogen-bond donors (Lipinski definition) is 3. The van der Waals surface area contributed by atoms with Gasteiger partial charge in [0.15, 0.2) is 0 Å². The van der Waals surface area contributed by atoms with Crippen molar-refractivity contribution in [3.63, 3.8) is 0 Å². The zero-order valence-corrected chi connectivity index (χ0v) is 17.5. The van der Waals surface area contributed by atoms with Crippen LogP contribution in [-0.4, -0.2) is 64.2 Å². The summed E-state index contributed by atoms with van der Waals surface area (Å²) in [6.45, 7) is 0. The number of nitrogens with zero attached hydrogens (tertiary/aromatic N) is 1. The number of hydrogen-bond acceptors (Lipinski definition) is 6. The predicted molar refractivity (Wildman–Crippen MR) is 108 cm³/mol. The van der Waals surface area contributed by atoms with Crippen LogP contribution in [0.4, 0.5) is 4.39 Å². The minimum absolute atomic E-state index is 0.116. The number of cyclic esters (lactones) is 1. The molecule has 3 N–H and O–H groups in total. The van der Waals surface area contributed by atoms with Crippen LogP contribution in [0.3, 0.4) is 0 Å². The molecule has 3 saturated heterocycles. The van der Waals surface area contributed by atoms with E-state index in [4.69, 9.17) is 0 Å². The summed E-state index contributed by atoms with van der Waals surface area (Å²) in [6, 6.07) is 2.54. The summed E-state index contributed by atoms with van der Waals surface area (Å²) in [5.74, 6) is -2.32. The van der Waals surface area contributed by atoms with Gasteiger partial charge in [-0.2, -0.15) is 0 Å². The predicted octanol–water partition coefficient (Wildman–Crippen LogP) is 0.608. The first-order valence-electron chi connectivity index (χ1n) is 10.9. The number of ether oxygens (including phenoxy) is 1. The Hall–Kier alpha value is -3.01. The summed E-state index contributed by atoms with van der Waals surface area (Å²) in [5, 5.41) is 15.1. The molecule has 3 amide bonds. The van der Waals surface area contributed by atoms with Gasteiger partial charge in [-0.1, -0.05) is 12.8 Å². The molecule has 0 spiro atoms. The van der Waals surface area contributed by atoms with Gasteiger partial charge in [0.05, 0.1) is 6.42 Å². The number of carbonyl (C=O) groups excluding carboxylic acids is 4. The molecule has 3 fully saturated rings. The zero-order valence-electron chi connectivity index (χ0n) is 17.5. The number of fused-ring (bicyclic) bond motifs is 1. The number of halogens is 1. The van der Waals surface area contributed by atoms with Crippen molar-refractivity contribution < 1.29 is 33.4 Å². The van der Waals surface area contributed by atoms with E-state index in [0.29, 0.717) is 19.3 Å². The molecule has 172 valence electrons. The molecule has 5 atom stereocenters. The van der Waals surface area contributed by atoms with Crippen LogP contribution in [0, 0.1) is 5.82 Å². The Kier molecular flexibility index (Phi) is 6.40. The fourth-order valence-corrected chi connectivity index (χ4v) is 4.71. The van der Waals surface area contributed by atoms with Crippen LogP contribution in [0.2, 0.25) is 0 Å². The largest absolute Gasteiger partial charge is 0.434 e. The van der Waals surface area contributed by atoms with Crippen LogP contribution in [0.5, 0.6) is 0 Å². The van der Waals surface area contributed by atoms with Crippen molar-refractivity contribution in [2.24, 2.45) is 0 Å². The summed E-state index contributed by atoms with van der Waals surface area (Å²) in [4.78, 5) is 51.9. The van der Waals surface area contributed by atoms with E-state index in [0.717, 1.165) is 19.3 Å². The van der Waals surface area contributed by atoms with Crippen molar-refractivity contribution in [3.8, 4) is 0 Å². The summed E-state index contributed by atoms with van der Waals surface area (Å²) >= 11 is 0. The molecule has 0 bridgehead atoms. The third-order valence-corrected chi connectivity index (χ3v) is 6.36. The normalized spacial score (nSPS) is 30.2. The van der Waals surface area contributed by atoms with Crippen LogP contribution in [0.1, 0.15) is 55.3 Å². The molecule has 0 saturated carbocycles. The molecule has 10 heteroatoms. The van der Waals surface area contributed by atoms with Crippen LogP contribution < -0.4 is 10.6 Å². The first-order chi connectivity index (χ1) is 15.3. The number of carbonyl (C=O) groups is 4. The van der Waals surface area contributed by atoms with Crippen LogP contribution in [0.15, 0.2) is 24.3 Å². The van der Waals surface area contributed by atoms with Gasteiger partial charge in [-0.25, -0.2) is 4.39 Å². The van der Waals surface area contributed by atoms with Crippen molar-refractivity contribution in [3.05, 3.63) is 35.6 Å². The Morgan fingerprint density at radius 1 is 1.03 bits per heavy atom. The Labute approximate surface area is 184 Å². The van der Waals surface area contributed by atoms with E-state index < -0.39 is 48.0 Å². The maximum atomic E-state index is 13.4. The summed E-state index contributed by atoms with van der Waals surface area (Å²) < 4.78 is 17.8. The van der Waals surface area contributed by atoms with E-state index >= 15 is 0 Å². The van der Waals surface area contributed by atoms with Gasteiger partial charge in [-0.15, -0.1) is 0 Å². The molecule has 0 aliphatic carbocycles. The molecule has 4 rings (SSSR count). The molecule has 32 heavy (non-hydrogen) atoms. The maximum absolute atomic E-state index is 13.4. The van der Waals surface area contributed by atoms with Crippen molar-refractivity contribution >= 4 is 23.7 Å². The third-order valence-electron chi connectivity index (χ3n) is 6.36. The Morgan fingerprint density at radius 3 is 2.44 bits per heavy atom. The molecule has 9 nitrogen and oxygen atoms in total. The monoisotopic (exact) mass is 447 g/mol. The topological polar surface area (TPSA) is 125 Å². The molecule has 3 aliphatic rings. The summed E-state index contributed by atoms with van der Waals surface area (Å²) in [6.07, 6.45) is 2.39. The lowest BCUT2D eigenvalue weighted by molar-refractivity contribution is -0.155. The Morgan fingerprint density at radius 2 is 1.75 bits per heavy atom. The molecular weight excluding hydrogens is 421 g/mol. The standard InChI is InChI=1S/C22H26FN3O6/c23-13-7-5-12(6-8-13)19(28)24-15-4-2-1-3-14-9-10-17(26(14)21(15)30)20(29)25-16-11-18(27)32-22(16)31/h5-8,14-17,22,31H,1-4,9-11H2,(H,24,28)(H,25,29)/t14-,15-,16?,17-,22?/m0/s1. The van der Waals surface area contributed by atoms with E-state index in [-0.39, 0.29) is 23.9 Å². The van der Waals surface area contributed by atoms with Gasteiger partial charge in [0, 0.05) is 11.6 Å². The second-order valence-electron chi connectivity index (χ2n) is 8.51. The highest BCUT2D eigenvalue weighted by Gasteiger charge is 2.45. The number of aliphatic hydroxyl groups is 1. The van der Waals surface area contributed by atoms with E-state index in [1.165, 1.54) is 24.3 Å². The lowest BCUT2D eigenvalue weighted by atomic mass is 9.98. The van der Waals surface area contributed by atoms with Crippen LogP contribution in [0.25, 0.3) is 0 Å². The minimum atomic E-state index is -1.41. The molecule has 3 aliphatic heterocycles. The maximum Gasteiger partial charge on any atom is 0.310 e. The minimum Gasteiger partial charge on any atom is -0.434 e. The smallest absolute Gasteiger partial charge is 0.310 e. The van der Waals surface area contributed by atoms with Gasteiger partial charge in [-0.05, 0) is 49.9 Å². The summed E-state index contributed by atoms with van der Waals surface area (Å²) in [5.41, 5.74) is 0.244. The molecule has 0 aromatic heterocycles. The quantitative estimate of drug-likeness (QED) is 0.581. The lowest BCUT2D eigenvalue weighted by Gasteiger charge is -2.35. The van der Waals surface area contributed by atoms with Gasteiger partial charge in [-0.3, -0.25) is 19.2 Å². The van der Waals surface area contributed by atoms with E-state index in [9.17, 15) is 28.7 Å². The van der Waals surface area contributed by atoms with Gasteiger partial charge < -0.3 is 25.4 Å². The summed E-state index contributed by atoms with van der Waals surface area (Å²) in [7, 11) is 0. The number of nitrogens with one attached hydrogen (secondary N) is 2. The first kappa shape index (κ1) is 22.2. The second-order valence-corrected chi connectivity index (χ2v) is 8.51. The van der Waals surface area contributed by atoms with Gasteiger partial charge in [0.2, 0.25) is 18.1 Å². The van der Waals surface area contributed by atoms with Crippen LogP contribution in [-0.2, 0) is 19.1 Å². The Bertz CT molecular complexity index is 907. The highest BCUT2D eigenvalue weighted by molar-refractivity contribution is 5.98. The molecule has 1 aromatic rings. The van der Waals surface area contributed by atoms with Crippen molar-refractivity contribution in [2.75, 3.05) is 0 Å². The molecular formula is C22H26FN3O6. The molecule has 0 radical (unpaired) electrons. The SMILES string of the molecule is O=C1CC(NC(=O)[C@@H]2CC[C@@H]3CCCC[C@H](NC(=O)c4ccc(F)cc4)C(=O)N32)C(O)O1. The fraction of sp³-hybridized carbons (Fsp3) is 0.545. The van der Waals surface area contributed by atoms with Crippen molar-refractivity contribution in [1.82, 2.24) is 15.5 Å². The molecule has 3 heterocycles. The van der Waals surface area contributed by atoms with E-state index in [1.54, 1.807) is 4.90 Å². The van der Waals surface area contributed by atoms with Crippen molar-refractivity contribution in [1.29, 1.82) is 0 Å². The zero-order chi connectivity index (χ0) is 22.8. The molecule has 2 unspecified atom stereocenters. The number of aliphatic hydroxyl groups excluding tert-OH is 1. The van der Waals surface area contributed by atoms with Gasteiger partial charge in [0.25, 0.3) is 5.91 Å². The number of rotatable bonds is 4. The number of amides is 3. The third kappa shape index (κ3) is 4.59. The highest BCUT2D eigenvalue weighted by Crippen LogP contribution is 2.31. The fourth-order valence-electron chi connectivity index (χ4n) is 4.71.